The van der Waals surface area contributed by atoms with Crippen molar-refractivity contribution < 1.29 is 9.59 Å². The minimum Gasteiger partial charge on any atom is -0.324 e. The maximum Gasteiger partial charge on any atom is 0.241 e. The van der Waals surface area contributed by atoms with E-state index in [4.69, 9.17) is 0 Å². The Kier molecular flexibility index (Phi) is 6.52. The Morgan fingerprint density at radius 2 is 1.50 bits per heavy atom. The Morgan fingerprint density at radius 3 is 2.12 bits per heavy atom. The molecule has 1 atom stereocenters. The van der Waals surface area contributed by atoms with E-state index in [-0.39, 0.29) is 18.4 Å². The van der Waals surface area contributed by atoms with Crippen molar-refractivity contribution >= 4 is 23.2 Å². The number of amides is 2. The Morgan fingerprint density at radius 1 is 0.923 bits per heavy atom. The molecule has 5 heteroatoms. The largest absolute Gasteiger partial charge is 0.324 e. The van der Waals surface area contributed by atoms with Gasteiger partial charge in [0.15, 0.2) is 0 Å². The van der Waals surface area contributed by atoms with Crippen LogP contribution in [0.1, 0.15) is 23.6 Å². The minimum absolute atomic E-state index is 0.135. The van der Waals surface area contributed by atoms with Crippen molar-refractivity contribution in [1.29, 1.82) is 0 Å². The van der Waals surface area contributed by atoms with Crippen LogP contribution in [0.3, 0.4) is 0 Å². The molecule has 26 heavy (non-hydrogen) atoms. The first-order valence-electron chi connectivity index (χ1n) is 8.72. The lowest BCUT2D eigenvalue weighted by atomic mass is 10.1. The van der Waals surface area contributed by atoms with Crippen LogP contribution in [-0.4, -0.2) is 36.3 Å². The molecule has 0 aromatic heterocycles. The molecule has 0 heterocycles. The Hall–Kier alpha value is -2.66. The van der Waals surface area contributed by atoms with Gasteiger partial charge in [-0.05, 0) is 57.5 Å². The highest BCUT2D eigenvalue weighted by atomic mass is 16.2. The third-order valence-electron chi connectivity index (χ3n) is 4.58. The number of rotatable bonds is 6. The van der Waals surface area contributed by atoms with Gasteiger partial charge in [-0.3, -0.25) is 14.5 Å². The molecule has 0 spiro atoms. The van der Waals surface area contributed by atoms with E-state index in [9.17, 15) is 9.59 Å². The highest BCUT2D eigenvalue weighted by molar-refractivity contribution is 5.97. The molecule has 0 saturated heterocycles. The van der Waals surface area contributed by atoms with Crippen molar-refractivity contribution in [2.24, 2.45) is 0 Å². The summed E-state index contributed by atoms with van der Waals surface area (Å²) in [5, 5.41) is 5.87. The predicted octanol–water partition coefficient (Wildman–Crippen LogP) is 3.51. The van der Waals surface area contributed by atoms with Crippen LogP contribution < -0.4 is 10.6 Å². The summed E-state index contributed by atoms with van der Waals surface area (Å²) in [7, 11) is 1.77. The number of carbonyl (C=O) groups is 2. The summed E-state index contributed by atoms with van der Waals surface area (Å²) >= 11 is 0. The summed E-state index contributed by atoms with van der Waals surface area (Å²) in [6, 6.07) is 13.1. The van der Waals surface area contributed by atoms with Crippen LogP contribution in [-0.2, 0) is 9.59 Å². The van der Waals surface area contributed by atoms with Gasteiger partial charge in [-0.15, -0.1) is 0 Å². The van der Waals surface area contributed by atoms with Gasteiger partial charge in [-0.1, -0.05) is 36.4 Å². The van der Waals surface area contributed by atoms with Gasteiger partial charge in [0.25, 0.3) is 0 Å². The first-order chi connectivity index (χ1) is 12.3. The zero-order chi connectivity index (χ0) is 19.3. The molecule has 2 aromatic carbocycles. The lowest BCUT2D eigenvalue weighted by Gasteiger charge is -2.24. The summed E-state index contributed by atoms with van der Waals surface area (Å²) in [6.45, 7) is 7.80. The van der Waals surface area contributed by atoms with Gasteiger partial charge in [-0.2, -0.15) is 0 Å². The molecule has 1 unspecified atom stereocenters. The van der Waals surface area contributed by atoms with E-state index < -0.39 is 6.04 Å². The molecule has 0 aliphatic heterocycles. The fourth-order valence-corrected chi connectivity index (χ4v) is 2.70. The van der Waals surface area contributed by atoms with E-state index in [0.717, 1.165) is 28.1 Å². The molecule has 2 N–H and O–H groups in total. The second kappa shape index (κ2) is 8.63. The van der Waals surface area contributed by atoms with Crippen LogP contribution in [0, 0.1) is 20.8 Å². The Bertz CT molecular complexity index is 781. The molecule has 0 saturated carbocycles. The van der Waals surface area contributed by atoms with Crippen molar-refractivity contribution in [3.05, 3.63) is 59.2 Å². The molecule has 0 aliphatic rings. The van der Waals surface area contributed by atoms with Crippen LogP contribution in [0.2, 0.25) is 0 Å². The van der Waals surface area contributed by atoms with Gasteiger partial charge in [0.2, 0.25) is 11.8 Å². The lowest BCUT2D eigenvalue weighted by molar-refractivity contribution is -0.122. The van der Waals surface area contributed by atoms with Gasteiger partial charge in [0.1, 0.15) is 0 Å². The van der Waals surface area contributed by atoms with Crippen LogP contribution in [0.15, 0.2) is 42.5 Å². The second-order valence-electron chi connectivity index (χ2n) is 6.71. The number of likely N-dealkylation sites (N-methyl/N-ethyl adjacent to an activating group) is 1. The first-order valence-corrected chi connectivity index (χ1v) is 8.72. The van der Waals surface area contributed by atoms with E-state index in [2.05, 4.69) is 10.6 Å². The molecular weight excluding hydrogens is 326 g/mol. The van der Waals surface area contributed by atoms with Gasteiger partial charge in [0.05, 0.1) is 12.6 Å². The van der Waals surface area contributed by atoms with E-state index >= 15 is 0 Å². The standard InChI is InChI=1S/C21H27N3O2/c1-14-9-6-7-12-18(14)22-21(26)17(4)24(5)13-19(25)23-20-15(2)10-8-11-16(20)3/h6-12,17H,13H2,1-5H3,(H,22,26)(H,23,25). The van der Waals surface area contributed by atoms with Crippen LogP contribution in [0.25, 0.3) is 0 Å². The maximum atomic E-state index is 12.5. The summed E-state index contributed by atoms with van der Waals surface area (Å²) in [6.07, 6.45) is 0. The quantitative estimate of drug-likeness (QED) is 0.835. The molecule has 138 valence electrons. The van der Waals surface area contributed by atoms with Crippen molar-refractivity contribution in [3.8, 4) is 0 Å². The third-order valence-corrected chi connectivity index (χ3v) is 4.58. The molecule has 2 rings (SSSR count). The average molecular weight is 353 g/mol. The molecule has 0 aliphatic carbocycles. The number of hydrogen-bond acceptors (Lipinski definition) is 3. The summed E-state index contributed by atoms with van der Waals surface area (Å²) < 4.78 is 0. The number of carbonyl (C=O) groups excluding carboxylic acids is 2. The summed E-state index contributed by atoms with van der Waals surface area (Å²) in [5.74, 6) is -0.276. The SMILES string of the molecule is Cc1ccccc1NC(=O)C(C)N(C)CC(=O)Nc1c(C)cccc1C. The first kappa shape index (κ1) is 19.7. The Balaban J connectivity index is 1.95. The van der Waals surface area contributed by atoms with Gasteiger partial charge in [0, 0.05) is 11.4 Å². The van der Waals surface area contributed by atoms with Gasteiger partial charge in [-0.25, -0.2) is 0 Å². The molecular formula is C21H27N3O2. The summed E-state index contributed by atoms with van der Waals surface area (Å²) in [5.41, 5.74) is 4.67. The number of benzene rings is 2. The average Bonchev–Trinajstić information content (AvgIpc) is 2.59. The number of hydrogen-bond donors (Lipinski definition) is 2. The van der Waals surface area contributed by atoms with E-state index in [1.807, 2.05) is 63.2 Å². The van der Waals surface area contributed by atoms with Crippen LogP contribution in [0.5, 0.6) is 0 Å². The lowest BCUT2D eigenvalue weighted by Crippen LogP contribution is -2.43. The third kappa shape index (κ3) is 4.92. The monoisotopic (exact) mass is 353 g/mol. The molecule has 2 amide bonds. The fraction of sp³-hybridized carbons (Fsp3) is 0.333. The number of aryl methyl sites for hydroxylation is 3. The van der Waals surface area contributed by atoms with Crippen molar-refractivity contribution in [2.75, 3.05) is 24.2 Å². The van der Waals surface area contributed by atoms with Crippen molar-refractivity contribution in [1.82, 2.24) is 4.90 Å². The molecule has 2 aromatic rings. The predicted molar refractivity (Wildman–Crippen MR) is 106 cm³/mol. The zero-order valence-electron chi connectivity index (χ0n) is 16.1. The molecule has 5 nitrogen and oxygen atoms in total. The summed E-state index contributed by atoms with van der Waals surface area (Å²) in [4.78, 5) is 26.6. The molecule has 0 radical (unpaired) electrons. The van der Waals surface area contributed by atoms with Crippen LogP contribution in [0.4, 0.5) is 11.4 Å². The van der Waals surface area contributed by atoms with E-state index in [0.29, 0.717) is 0 Å². The minimum atomic E-state index is -0.432. The highest BCUT2D eigenvalue weighted by Crippen LogP contribution is 2.19. The van der Waals surface area contributed by atoms with E-state index in [1.54, 1.807) is 18.9 Å². The number of nitrogens with one attached hydrogen (secondary N) is 2. The topological polar surface area (TPSA) is 61.4 Å². The smallest absolute Gasteiger partial charge is 0.241 e. The number of anilines is 2. The molecule has 0 fully saturated rings. The number of nitrogens with zero attached hydrogens (tertiary/aromatic N) is 1. The van der Waals surface area contributed by atoms with E-state index in [1.165, 1.54) is 0 Å². The van der Waals surface area contributed by atoms with Gasteiger partial charge >= 0.3 is 0 Å². The zero-order valence-corrected chi connectivity index (χ0v) is 16.1. The second-order valence-corrected chi connectivity index (χ2v) is 6.71. The van der Waals surface area contributed by atoms with Crippen molar-refractivity contribution in [3.63, 3.8) is 0 Å². The number of para-hydroxylation sites is 2. The van der Waals surface area contributed by atoms with Gasteiger partial charge < -0.3 is 10.6 Å². The maximum absolute atomic E-state index is 12.5. The van der Waals surface area contributed by atoms with Crippen molar-refractivity contribution in [2.45, 2.75) is 33.7 Å². The fourth-order valence-electron chi connectivity index (χ4n) is 2.70. The molecule has 0 bridgehead atoms. The normalized spacial score (nSPS) is 11.9. The highest BCUT2D eigenvalue weighted by Gasteiger charge is 2.21. The van der Waals surface area contributed by atoms with Crippen LogP contribution >= 0.6 is 0 Å². The Labute approximate surface area is 155 Å².